The zero-order valence-electron chi connectivity index (χ0n) is 10.2. The number of hydrogen-bond donors (Lipinski definition) is 1. The molecule has 5 heteroatoms. The van der Waals surface area contributed by atoms with E-state index in [0.29, 0.717) is 6.54 Å². The maximum Gasteiger partial charge on any atom is 0.329 e. The van der Waals surface area contributed by atoms with Crippen LogP contribution in [0.5, 0.6) is 6.01 Å². The number of amides is 1. The molecule has 0 bridgehead atoms. The van der Waals surface area contributed by atoms with Gasteiger partial charge in [-0.1, -0.05) is 30.3 Å². The topological polar surface area (TPSA) is 56.2 Å². The van der Waals surface area contributed by atoms with Crippen molar-refractivity contribution >= 4 is 6.03 Å². The number of benzene rings is 1. The molecule has 0 spiro atoms. The summed E-state index contributed by atoms with van der Waals surface area (Å²) in [5.74, 6) is 0. The van der Waals surface area contributed by atoms with Crippen LogP contribution in [0, 0.1) is 0 Å². The van der Waals surface area contributed by atoms with Gasteiger partial charge in [-0.05, 0) is 12.0 Å². The number of carbonyl (C=O) groups excluding carboxylic acids is 1. The summed E-state index contributed by atoms with van der Waals surface area (Å²) < 4.78 is 6.30. The molecule has 1 amide bonds. The van der Waals surface area contributed by atoms with E-state index in [1.807, 2.05) is 30.3 Å². The van der Waals surface area contributed by atoms with Gasteiger partial charge in [-0.25, -0.2) is 14.3 Å². The monoisotopic (exact) mass is 245 g/mol. The summed E-state index contributed by atoms with van der Waals surface area (Å²) in [7, 11) is 1.48. The molecule has 94 valence electrons. The predicted molar refractivity (Wildman–Crippen MR) is 67.7 cm³/mol. The van der Waals surface area contributed by atoms with Crippen LogP contribution < -0.4 is 10.1 Å². The standard InChI is InChI=1S/C13H15N3O2/c1-18-13-15-9-10-16(13)12(17)14-8-7-11-5-3-2-4-6-11/h2-6,9-10H,7-8H2,1H3,(H,14,17). The molecular formula is C13H15N3O2. The SMILES string of the molecule is COc1nccn1C(=O)NCCc1ccccc1. The zero-order chi connectivity index (χ0) is 12.8. The average Bonchev–Trinajstić information content (AvgIpc) is 2.88. The molecule has 0 unspecified atom stereocenters. The highest BCUT2D eigenvalue weighted by Crippen LogP contribution is 2.05. The van der Waals surface area contributed by atoms with Crippen molar-refractivity contribution in [3.05, 3.63) is 48.3 Å². The number of hydrogen-bond acceptors (Lipinski definition) is 3. The lowest BCUT2D eigenvalue weighted by atomic mass is 10.1. The molecule has 0 aliphatic heterocycles. The van der Waals surface area contributed by atoms with Crippen LogP contribution in [-0.2, 0) is 6.42 Å². The molecule has 5 nitrogen and oxygen atoms in total. The maximum absolute atomic E-state index is 11.8. The molecule has 18 heavy (non-hydrogen) atoms. The van der Waals surface area contributed by atoms with E-state index in [1.165, 1.54) is 23.4 Å². The average molecular weight is 245 g/mol. The molecule has 0 saturated heterocycles. The van der Waals surface area contributed by atoms with E-state index in [4.69, 9.17) is 4.74 Å². The molecule has 0 atom stereocenters. The highest BCUT2D eigenvalue weighted by atomic mass is 16.5. The summed E-state index contributed by atoms with van der Waals surface area (Å²) in [4.78, 5) is 15.7. The van der Waals surface area contributed by atoms with Gasteiger partial charge in [-0.3, -0.25) is 0 Å². The smallest absolute Gasteiger partial charge is 0.329 e. The molecule has 0 aliphatic rings. The number of imidazole rings is 1. The molecule has 2 aromatic rings. The van der Waals surface area contributed by atoms with Gasteiger partial charge in [-0.15, -0.1) is 0 Å². The summed E-state index contributed by atoms with van der Waals surface area (Å²) >= 11 is 0. The Kier molecular flexibility index (Phi) is 3.96. The molecule has 1 aromatic heterocycles. The van der Waals surface area contributed by atoms with Crippen LogP contribution in [0.25, 0.3) is 0 Å². The minimum Gasteiger partial charge on any atom is -0.468 e. The van der Waals surface area contributed by atoms with Crippen molar-refractivity contribution in [3.8, 4) is 6.01 Å². The van der Waals surface area contributed by atoms with Gasteiger partial charge in [0.25, 0.3) is 0 Å². The third-order valence-corrected chi connectivity index (χ3v) is 2.54. The summed E-state index contributed by atoms with van der Waals surface area (Å²) in [6, 6.07) is 10.0. The molecule has 1 heterocycles. The van der Waals surface area contributed by atoms with E-state index in [0.717, 1.165) is 6.42 Å². The summed E-state index contributed by atoms with van der Waals surface area (Å²) in [5, 5.41) is 2.81. The van der Waals surface area contributed by atoms with Gasteiger partial charge in [0.1, 0.15) is 0 Å². The zero-order valence-corrected chi connectivity index (χ0v) is 10.2. The maximum atomic E-state index is 11.8. The first kappa shape index (κ1) is 12.2. The molecule has 0 fully saturated rings. The molecule has 0 saturated carbocycles. The van der Waals surface area contributed by atoms with Crippen molar-refractivity contribution in [1.29, 1.82) is 0 Å². The van der Waals surface area contributed by atoms with Crippen LogP contribution in [-0.4, -0.2) is 29.2 Å². The molecule has 1 N–H and O–H groups in total. The summed E-state index contributed by atoms with van der Waals surface area (Å²) in [6.45, 7) is 0.574. The van der Waals surface area contributed by atoms with Crippen molar-refractivity contribution in [3.63, 3.8) is 0 Å². The summed E-state index contributed by atoms with van der Waals surface area (Å²) in [6.07, 6.45) is 3.88. The number of ether oxygens (including phenoxy) is 1. The second-order valence-electron chi connectivity index (χ2n) is 3.75. The second-order valence-corrected chi connectivity index (χ2v) is 3.75. The van der Waals surface area contributed by atoms with Crippen molar-refractivity contribution in [2.75, 3.05) is 13.7 Å². The first-order chi connectivity index (χ1) is 8.81. The quantitative estimate of drug-likeness (QED) is 0.891. The fraction of sp³-hybridized carbons (Fsp3) is 0.231. The van der Waals surface area contributed by atoms with Crippen LogP contribution in [0.1, 0.15) is 5.56 Å². The lowest BCUT2D eigenvalue weighted by Gasteiger charge is -2.07. The predicted octanol–water partition coefficient (Wildman–Crippen LogP) is 1.69. The number of nitrogens with zero attached hydrogens (tertiary/aromatic N) is 2. The van der Waals surface area contributed by atoms with Crippen LogP contribution in [0.3, 0.4) is 0 Å². The Morgan fingerprint density at radius 1 is 1.39 bits per heavy atom. The Morgan fingerprint density at radius 3 is 2.89 bits per heavy atom. The number of nitrogens with one attached hydrogen (secondary N) is 1. The van der Waals surface area contributed by atoms with Gasteiger partial charge < -0.3 is 10.1 Å². The van der Waals surface area contributed by atoms with E-state index in [-0.39, 0.29) is 12.0 Å². The molecule has 1 aromatic carbocycles. The largest absolute Gasteiger partial charge is 0.468 e. The van der Waals surface area contributed by atoms with Crippen molar-refractivity contribution < 1.29 is 9.53 Å². The molecular weight excluding hydrogens is 230 g/mol. The Balaban J connectivity index is 1.86. The number of carbonyl (C=O) groups is 1. The van der Waals surface area contributed by atoms with Gasteiger partial charge in [0.15, 0.2) is 0 Å². The highest BCUT2D eigenvalue weighted by molar-refractivity contribution is 5.77. The van der Waals surface area contributed by atoms with Crippen molar-refractivity contribution in [2.45, 2.75) is 6.42 Å². The van der Waals surface area contributed by atoms with Gasteiger partial charge >= 0.3 is 12.0 Å². The lowest BCUT2D eigenvalue weighted by molar-refractivity contribution is 0.238. The molecule has 2 rings (SSSR count). The fourth-order valence-corrected chi connectivity index (χ4v) is 1.64. The van der Waals surface area contributed by atoms with E-state index >= 15 is 0 Å². The molecule has 0 aliphatic carbocycles. The van der Waals surface area contributed by atoms with E-state index in [9.17, 15) is 4.79 Å². The Hall–Kier alpha value is -2.30. The lowest BCUT2D eigenvalue weighted by Crippen LogP contribution is -2.30. The molecule has 0 radical (unpaired) electrons. The fourth-order valence-electron chi connectivity index (χ4n) is 1.64. The number of methoxy groups -OCH3 is 1. The van der Waals surface area contributed by atoms with E-state index in [1.54, 1.807) is 6.20 Å². The van der Waals surface area contributed by atoms with Crippen LogP contribution >= 0.6 is 0 Å². The van der Waals surface area contributed by atoms with Gasteiger partial charge in [0.05, 0.1) is 7.11 Å². The third-order valence-electron chi connectivity index (χ3n) is 2.54. The minimum absolute atomic E-state index is 0.236. The van der Waals surface area contributed by atoms with Gasteiger partial charge in [0, 0.05) is 18.9 Å². The first-order valence-corrected chi connectivity index (χ1v) is 5.70. The van der Waals surface area contributed by atoms with Crippen LogP contribution in [0.15, 0.2) is 42.7 Å². The number of aromatic nitrogens is 2. The van der Waals surface area contributed by atoms with Crippen LogP contribution in [0.4, 0.5) is 4.79 Å². The Morgan fingerprint density at radius 2 is 2.17 bits per heavy atom. The summed E-state index contributed by atoms with van der Waals surface area (Å²) in [5.41, 5.74) is 1.19. The van der Waals surface area contributed by atoms with E-state index < -0.39 is 0 Å². The van der Waals surface area contributed by atoms with Crippen molar-refractivity contribution in [1.82, 2.24) is 14.9 Å². The first-order valence-electron chi connectivity index (χ1n) is 5.70. The van der Waals surface area contributed by atoms with Gasteiger partial charge in [-0.2, -0.15) is 0 Å². The second kappa shape index (κ2) is 5.86. The van der Waals surface area contributed by atoms with Gasteiger partial charge in [0.2, 0.25) is 0 Å². The Labute approximate surface area is 105 Å². The minimum atomic E-state index is -0.236. The van der Waals surface area contributed by atoms with E-state index in [2.05, 4.69) is 10.3 Å². The van der Waals surface area contributed by atoms with Crippen molar-refractivity contribution in [2.24, 2.45) is 0 Å². The normalized spacial score (nSPS) is 10.1. The number of rotatable bonds is 4. The Bertz CT molecular complexity index is 508. The highest BCUT2D eigenvalue weighted by Gasteiger charge is 2.09. The third kappa shape index (κ3) is 2.88. The van der Waals surface area contributed by atoms with Crippen LogP contribution in [0.2, 0.25) is 0 Å².